The fourth-order valence-corrected chi connectivity index (χ4v) is 2.88. The van der Waals surface area contributed by atoms with Crippen LogP contribution < -0.4 is 5.32 Å². The van der Waals surface area contributed by atoms with E-state index >= 15 is 0 Å². The molecule has 0 aliphatic carbocycles. The minimum atomic E-state index is 0.363. The van der Waals surface area contributed by atoms with Gasteiger partial charge in [0.15, 0.2) is 0 Å². The first kappa shape index (κ1) is 14.9. The molecule has 1 aliphatic heterocycles. The van der Waals surface area contributed by atoms with E-state index in [4.69, 9.17) is 0 Å². The smallest absolute Gasteiger partial charge is 0.0220 e. The predicted molar refractivity (Wildman–Crippen MR) is 75.5 cm³/mol. The molecule has 0 aromatic heterocycles. The van der Waals surface area contributed by atoms with Gasteiger partial charge in [-0.25, -0.2) is 0 Å². The average Bonchev–Trinajstić information content (AvgIpc) is 2.61. The molecule has 0 aromatic rings. The highest BCUT2D eigenvalue weighted by atomic mass is 15.2. The fourth-order valence-electron chi connectivity index (χ4n) is 2.88. The summed E-state index contributed by atoms with van der Waals surface area (Å²) in [5.41, 5.74) is 0.363. The molecule has 102 valence electrons. The van der Waals surface area contributed by atoms with Crippen molar-refractivity contribution >= 4 is 0 Å². The van der Waals surface area contributed by atoms with E-state index in [0.29, 0.717) is 5.41 Å². The first-order valence-electron chi connectivity index (χ1n) is 7.04. The number of hydrogen-bond acceptors (Lipinski definition) is 3. The van der Waals surface area contributed by atoms with Gasteiger partial charge < -0.3 is 15.1 Å². The van der Waals surface area contributed by atoms with E-state index in [1.165, 1.54) is 32.5 Å². The van der Waals surface area contributed by atoms with Crippen molar-refractivity contribution in [3.05, 3.63) is 0 Å². The number of likely N-dealkylation sites (N-methyl/N-ethyl adjacent to an activating group) is 2. The van der Waals surface area contributed by atoms with Crippen LogP contribution in [0, 0.1) is 5.41 Å². The number of hydrogen-bond donors (Lipinski definition) is 1. The lowest BCUT2D eigenvalue weighted by Gasteiger charge is -2.33. The molecular weight excluding hydrogens is 210 g/mol. The Morgan fingerprint density at radius 2 is 2.12 bits per heavy atom. The third-order valence-corrected chi connectivity index (χ3v) is 3.75. The van der Waals surface area contributed by atoms with E-state index < -0.39 is 0 Å². The molecule has 0 saturated carbocycles. The van der Waals surface area contributed by atoms with Gasteiger partial charge in [-0.3, -0.25) is 0 Å². The largest absolute Gasteiger partial charge is 0.316 e. The van der Waals surface area contributed by atoms with E-state index in [9.17, 15) is 0 Å². The standard InChI is InChI=1S/C14H31N3/c1-6-15-11-14(2,3)12-16(4)10-13-8-7-9-17(13)5/h13,15H,6-12H2,1-5H3. The lowest BCUT2D eigenvalue weighted by molar-refractivity contribution is 0.164. The van der Waals surface area contributed by atoms with Crippen molar-refractivity contribution < 1.29 is 0 Å². The molecule has 0 radical (unpaired) electrons. The van der Waals surface area contributed by atoms with Crippen LogP contribution in [0.1, 0.15) is 33.6 Å². The Morgan fingerprint density at radius 3 is 2.65 bits per heavy atom. The monoisotopic (exact) mass is 241 g/mol. The quantitative estimate of drug-likeness (QED) is 0.731. The molecule has 17 heavy (non-hydrogen) atoms. The lowest BCUT2D eigenvalue weighted by Crippen LogP contribution is -2.43. The second kappa shape index (κ2) is 6.72. The van der Waals surface area contributed by atoms with Gasteiger partial charge in [0.25, 0.3) is 0 Å². The van der Waals surface area contributed by atoms with Crippen LogP contribution in [0.4, 0.5) is 0 Å². The molecule has 0 bridgehead atoms. The molecule has 3 heteroatoms. The first-order chi connectivity index (χ1) is 7.94. The summed E-state index contributed by atoms with van der Waals surface area (Å²) in [5, 5.41) is 3.46. The summed E-state index contributed by atoms with van der Waals surface area (Å²) in [6.45, 7) is 12.7. The zero-order chi connectivity index (χ0) is 12.9. The van der Waals surface area contributed by atoms with Crippen LogP contribution in [0.15, 0.2) is 0 Å². The number of rotatable bonds is 7. The summed E-state index contributed by atoms with van der Waals surface area (Å²) in [6.07, 6.45) is 2.74. The maximum atomic E-state index is 3.46. The molecule has 1 saturated heterocycles. The molecule has 1 rings (SSSR count). The second-order valence-electron chi connectivity index (χ2n) is 6.42. The maximum Gasteiger partial charge on any atom is 0.0220 e. The molecule has 0 amide bonds. The number of nitrogens with zero attached hydrogens (tertiary/aromatic N) is 2. The van der Waals surface area contributed by atoms with Crippen LogP contribution in [0.25, 0.3) is 0 Å². The third-order valence-electron chi connectivity index (χ3n) is 3.75. The zero-order valence-electron chi connectivity index (χ0n) is 12.4. The molecular formula is C14H31N3. The molecule has 1 heterocycles. The average molecular weight is 241 g/mol. The lowest BCUT2D eigenvalue weighted by atomic mass is 9.92. The van der Waals surface area contributed by atoms with Gasteiger partial charge in [-0.15, -0.1) is 0 Å². The minimum absolute atomic E-state index is 0.363. The topological polar surface area (TPSA) is 18.5 Å². The first-order valence-corrected chi connectivity index (χ1v) is 7.04. The molecule has 0 aromatic carbocycles. The summed E-state index contributed by atoms with van der Waals surface area (Å²) < 4.78 is 0. The summed E-state index contributed by atoms with van der Waals surface area (Å²) in [6, 6.07) is 0.773. The molecule has 1 aliphatic rings. The van der Waals surface area contributed by atoms with Crippen LogP contribution in [-0.4, -0.2) is 62.7 Å². The van der Waals surface area contributed by atoms with Gasteiger partial charge in [0.2, 0.25) is 0 Å². The SMILES string of the molecule is CCNCC(C)(C)CN(C)CC1CCCN1C. The van der Waals surface area contributed by atoms with Gasteiger partial charge in [0, 0.05) is 25.7 Å². The van der Waals surface area contributed by atoms with E-state index in [2.05, 4.69) is 50.0 Å². The summed E-state index contributed by atoms with van der Waals surface area (Å²) in [7, 11) is 4.52. The summed E-state index contributed by atoms with van der Waals surface area (Å²) in [4.78, 5) is 5.01. The molecule has 3 nitrogen and oxygen atoms in total. The van der Waals surface area contributed by atoms with Crippen molar-refractivity contribution in [2.24, 2.45) is 5.41 Å². The molecule has 1 atom stereocenters. The van der Waals surface area contributed by atoms with Crippen molar-refractivity contribution in [1.82, 2.24) is 15.1 Å². The fraction of sp³-hybridized carbons (Fsp3) is 1.00. The Bertz CT molecular complexity index is 216. The Hall–Kier alpha value is -0.120. The predicted octanol–water partition coefficient (Wildman–Crippen LogP) is 1.65. The van der Waals surface area contributed by atoms with Crippen LogP contribution in [0.5, 0.6) is 0 Å². The zero-order valence-corrected chi connectivity index (χ0v) is 12.4. The van der Waals surface area contributed by atoms with Crippen molar-refractivity contribution in [2.75, 3.05) is 46.8 Å². The van der Waals surface area contributed by atoms with Crippen LogP contribution >= 0.6 is 0 Å². The van der Waals surface area contributed by atoms with E-state index in [1.807, 2.05) is 0 Å². The second-order valence-corrected chi connectivity index (χ2v) is 6.42. The van der Waals surface area contributed by atoms with Gasteiger partial charge >= 0.3 is 0 Å². The number of nitrogens with one attached hydrogen (secondary N) is 1. The normalized spacial score (nSPS) is 22.6. The van der Waals surface area contributed by atoms with Gasteiger partial charge in [-0.05, 0) is 45.4 Å². The van der Waals surface area contributed by atoms with E-state index in [-0.39, 0.29) is 0 Å². The summed E-state index contributed by atoms with van der Waals surface area (Å²) in [5.74, 6) is 0. The highest BCUT2D eigenvalue weighted by Gasteiger charge is 2.25. The number of likely N-dealkylation sites (tertiary alicyclic amines) is 1. The van der Waals surface area contributed by atoms with Gasteiger partial charge in [-0.2, -0.15) is 0 Å². The highest BCUT2D eigenvalue weighted by molar-refractivity contribution is 4.81. The van der Waals surface area contributed by atoms with Gasteiger partial charge in [0.05, 0.1) is 0 Å². The van der Waals surface area contributed by atoms with Crippen LogP contribution in [0.3, 0.4) is 0 Å². The Labute approximate surface area is 108 Å². The molecule has 0 spiro atoms. The Morgan fingerprint density at radius 1 is 1.41 bits per heavy atom. The van der Waals surface area contributed by atoms with Gasteiger partial charge in [0.1, 0.15) is 0 Å². The van der Waals surface area contributed by atoms with Crippen molar-refractivity contribution in [3.63, 3.8) is 0 Å². The van der Waals surface area contributed by atoms with Gasteiger partial charge in [-0.1, -0.05) is 20.8 Å². The van der Waals surface area contributed by atoms with Crippen molar-refractivity contribution in [3.8, 4) is 0 Å². The molecule has 1 N–H and O–H groups in total. The van der Waals surface area contributed by atoms with Crippen molar-refractivity contribution in [2.45, 2.75) is 39.7 Å². The highest BCUT2D eigenvalue weighted by Crippen LogP contribution is 2.19. The van der Waals surface area contributed by atoms with Crippen LogP contribution in [0.2, 0.25) is 0 Å². The Kier molecular flexibility index (Phi) is 5.90. The van der Waals surface area contributed by atoms with E-state index in [0.717, 1.165) is 19.1 Å². The van der Waals surface area contributed by atoms with Crippen LogP contribution in [-0.2, 0) is 0 Å². The molecule has 1 fully saturated rings. The van der Waals surface area contributed by atoms with Crippen molar-refractivity contribution in [1.29, 1.82) is 0 Å². The van der Waals surface area contributed by atoms with E-state index in [1.54, 1.807) is 0 Å². The molecule has 1 unspecified atom stereocenters. The Balaban J connectivity index is 2.30. The summed E-state index contributed by atoms with van der Waals surface area (Å²) >= 11 is 0. The third kappa shape index (κ3) is 5.36. The maximum absolute atomic E-state index is 3.46. The minimum Gasteiger partial charge on any atom is -0.316 e.